The third-order valence-corrected chi connectivity index (χ3v) is 2.21. The molecule has 0 aliphatic heterocycles. The van der Waals surface area contributed by atoms with Crippen LogP contribution in [0.25, 0.3) is 0 Å². The van der Waals surface area contributed by atoms with Crippen molar-refractivity contribution in [3.05, 3.63) is 29.6 Å². The number of ether oxygens (including phenoxy) is 1. The van der Waals surface area contributed by atoms with Crippen LogP contribution in [0.3, 0.4) is 0 Å². The first-order valence-electron chi connectivity index (χ1n) is 5.04. The zero-order valence-electron chi connectivity index (χ0n) is 9.22. The second-order valence-electron chi connectivity index (χ2n) is 3.64. The van der Waals surface area contributed by atoms with Crippen LogP contribution in [0, 0.1) is 12.7 Å². The molecular weight excluding hydrogens is 238 g/mol. The summed E-state index contributed by atoms with van der Waals surface area (Å²) in [7, 11) is 0. The molecule has 2 nitrogen and oxygen atoms in total. The molecule has 0 aliphatic carbocycles. The van der Waals surface area contributed by atoms with Crippen LogP contribution in [-0.4, -0.2) is 18.8 Å². The van der Waals surface area contributed by atoms with Gasteiger partial charge in [-0.1, -0.05) is 6.07 Å². The molecule has 1 atom stereocenters. The highest BCUT2D eigenvalue weighted by molar-refractivity contribution is 5.32. The molecule has 0 radical (unpaired) electrons. The van der Waals surface area contributed by atoms with Gasteiger partial charge in [-0.25, -0.2) is 4.39 Å². The highest BCUT2D eigenvalue weighted by atomic mass is 19.4. The molecule has 1 rings (SSSR count). The topological polar surface area (TPSA) is 35.2 Å². The molecule has 0 saturated heterocycles. The van der Waals surface area contributed by atoms with Crippen LogP contribution in [-0.2, 0) is 0 Å². The first kappa shape index (κ1) is 13.8. The Bertz CT molecular complexity index is 378. The van der Waals surface area contributed by atoms with Gasteiger partial charge < -0.3 is 10.5 Å². The Hall–Kier alpha value is -1.30. The quantitative estimate of drug-likeness (QED) is 0.835. The highest BCUT2D eigenvalue weighted by Gasteiger charge is 2.41. The third kappa shape index (κ3) is 3.89. The van der Waals surface area contributed by atoms with Gasteiger partial charge in [-0.2, -0.15) is 13.2 Å². The van der Waals surface area contributed by atoms with Gasteiger partial charge in [0, 0.05) is 12.5 Å². The number of aryl methyl sites for hydroxylation is 1. The van der Waals surface area contributed by atoms with Crippen LogP contribution in [0.1, 0.15) is 12.0 Å². The van der Waals surface area contributed by atoms with Crippen LogP contribution < -0.4 is 10.5 Å². The Labute approximate surface area is 96.4 Å². The Kier molecular flexibility index (Phi) is 4.34. The van der Waals surface area contributed by atoms with Crippen molar-refractivity contribution < 1.29 is 22.3 Å². The monoisotopic (exact) mass is 251 g/mol. The number of alkyl halides is 3. The summed E-state index contributed by atoms with van der Waals surface area (Å²) in [5.41, 5.74) is 5.54. The minimum absolute atomic E-state index is 0.110. The Morgan fingerprint density at radius 1 is 1.35 bits per heavy atom. The second-order valence-corrected chi connectivity index (χ2v) is 3.64. The third-order valence-electron chi connectivity index (χ3n) is 2.21. The number of hydrogen-bond acceptors (Lipinski definition) is 2. The van der Waals surface area contributed by atoms with Gasteiger partial charge >= 0.3 is 6.18 Å². The molecular formula is C11H13F4NO. The zero-order chi connectivity index (χ0) is 13.1. The maximum atomic E-state index is 12.9. The molecule has 0 amide bonds. The lowest BCUT2D eigenvalue weighted by Crippen LogP contribution is -2.36. The van der Waals surface area contributed by atoms with E-state index in [9.17, 15) is 17.6 Å². The molecule has 2 N–H and O–H groups in total. The minimum Gasteiger partial charge on any atom is -0.481 e. The van der Waals surface area contributed by atoms with Crippen molar-refractivity contribution in [1.82, 2.24) is 0 Å². The van der Waals surface area contributed by atoms with Gasteiger partial charge in [0.2, 0.25) is 0 Å². The van der Waals surface area contributed by atoms with E-state index in [1.54, 1.807) is 6.92 Å². The minimum atomic E-state index is -4.52. The molecule has 17 heavy (non-hydrogen) atoms. The molecule has 0 saturated carbocycles. The maximum absolute atomic E-state index is 12.9. The van der Waals surface area contributed by atoms with E-state index in [1.807, 2.05) is 0 Å². The lowest BCUT2D eigenvalue weighted by atomic mass is 10.2. The molecule has 0 bridgehead atoms. The second kappa shape index (κ2) is 5.35. The highest BCUT2D eigenvalue weighted by Crippen LogP contribution is 2.29. The van der Waals surface area contributed by atoms with E-state index >= 15 is 0 Å². The van der Waals surface area contributed by atoms with Gasteiger partial charge in [0.15, 0.2) is 6.10 Å². The molecule has 0 spiro atoms. The van der Waals surface area contributed by atoms with Crippen LogP contribution in [0.4, 0.5) is 17.6 Å². The first-order chi connectivity index (χ1) is 7.84. The van der Waals surface area contributed by atoms with Gasteiger partial charge in [0.1, 0.15) is 11.6 Å². The standard InChI is InChI=1S/C11H13F4NO/c1-7-2-3-8(12)6-9(7)17-10(4-5-16)11(13,14)15/h2-3,6,10H,4-5,16H2,1H3. The van der Waals surface area contributed by atoms with E-state index in [-0.39, 0.29) is 18.7 Å². The number of hydrogen-bond donors (Lipinski definition) is 1. The summed E-state index contributed by atoms with van der Waals surface area (Å²) >= 11 is 0. The predicted molar refractivity (Wildman–Crippen MR) is 55.3 cm³/mol. The number of rotatable bonds is 4. The fraction of sp³-hybridized carbons (Fsp3) is 0.455. The molecule has 0 aliphatic rings. The van der Waals surface area contributed by atoms with Crippen LogP contribution in [0.2, 0.25) is 0 Å². The first-order valence-corrected chi connectivity index (χ1v) is 5.04. The average molecular weight is 251 g/mol. The van der Waals surface area contributed by atoms with Crippen molar-refractivity contribution in [1.29, 1.82) is 0 Å². The summed E-state index contributed by atoms with van der Waals surface area (Å²) in [6.45, 7) is 1.39. The van der Waals surface area contributed by atoms with Crippen LogP contribution >= 0.6 is 0 Å². The summed E-state index contributed by atoms with van der Waals surface area (Å²) in [4.78, 5) is 0. The molecule has 0 heterocycles. The van der Waals surface area contributed by atoms with Crippen molar-refractivity contribution in [2.75, 3.05) is 6.54 Å². The van der Waals surface area contributed by atoms with Crippen molar-refractivity contribution in [2.45, 2.75) is 25.6 Å². The van der Waals surface area contributed by atoms with Crippen LogP contribution in [0.5, 0.6) is 5.75 Å². The molecule has 0 aromatic heterocycles. The largest absolute Gasteiger partial charge is 0.481 e. The normalized spacial score (nSPS) is 13.5. The van der Waals surface area contributed by atoms with E-state index in [4.69, 9.17) is 10.5 Å². The van der Waals surface area contributed by atoms with Gasteiger partial charge in [-0.3, -0.25) is 0 Å². The van der Waals surface area contributed by atoms with Gasteiger partial charge in [0.25, 0.3) is 0 Å². The lowest BCUT2D eigenvalue weighted by Gasteiger charge is -2.22. The molecule has 1 aromatic carbocycles. The van der Waals surface area contributed by atoms with Crippen molar-refractivity contribution in [3.8, 4) is 5.75 Å². The Balaban J connectivity index is 2.89. The summed E-state index contributed by atoms with van der Waals surface area (Å²) in [6.07, 6.45) is -6.88. The van der Waals surface area contributed by atoms with Crippen molar-refractivity contribution in [2.24, 2.45) is 5.73 Å². The summed E-state index contributed by atoms with van der Waals surface area (Å²) in [5, 5.41) is 0. The molecule has 1 unspecified atom stereocenters. The average Bonchev–Trinajstić information content (AvgIpc) is 2.21. The molecule has 0 fully saturated rings. The fourth-order valence-corrected chi connectivity index (χ4v) is 1.29. The van der Waals surface area contributed by atoms with Crippen molar-refractivity contribution >= 4 is 0 Å². The molecule has 1 aromatic rings. The SMILES string of the molecule is Cc1ccc(F)cc1OC(CCN)C(F)(F)F. The van der Waals surface area contributed by atoms with E-state index in [1.165, 1.54) is 6.07 Å². The van der Waals surface area contributed by atoms with E-state index in [0.29, 0.717) is 5.56 Å². The number of halogens is 4. The van der Waals surface area contributed by atoms with Gasteiger partial charge in [-0.15, -0.1) is 0 Å². The smallest absolute Gasteiger partial charge is 0.425 e. The van der Waals surface area contributed by atoms with Gasteiger partial charge in [-0.05, 0) is 25.1 Å². The molecule has 96 valence electrons. The lowest BCUT2D eigenvalue weighted by molar-refractivity contribution is -0.196. The summed E-state index contributed by atoms with van der Waals surface area (Å²) in [6, 6.07) is 3.46. The Morgan fingerprint density at radius 3 is 2.53 bits per heavy atom. The number of benzene rings is 1. The summed E-state index contributed by atoms with van der Waals surface area (Å²) in [5.74, 6) is -0.750. The van der Waals surface area contributed by atoms with E-state index < -0.39 is 18.1 Å². The molecule has 6 heteroatoms. The van der Waals surface area contributed by atoms with Crippen LogP contribution in [0.15, 0.2) is 18.2 Å². The zero-order valence-corrected chi connectivity index (χ0v) is 9.22. The summed E-state index contributed by atoms with van der Waals surface area (Å²) < 4.78 is 55.3. The fourth-order valence-electron chi connectivity index (χ4n) is 1.29. The predicted octanol–water partition coefficient (Wildman–Crippen LogP) is 2.79. The number of nitrogens with two attached hydrogens (primary N) is 1. The maximum Gasteiger partial charge on any atom is 0.425 e. The Morgan fingerprint density at radius 2 is 2.00 bits per heavy atom. The van der Waals surface area contributed by atoms with Crippen molar-refractivity contribution in [3.63, 3.8) is 0 Å². The van der Waals surface area contributed by atoms with Gasteiger partial charge in [0.05, 0.1) is 0 Å². The van der Waals surface area contributed by atoms with E-state index in [2.05, 4.69) is 0 Å². The van der Waals surface area contributed by atoms with E-state index in [0.717, 1.165) is 12.1 Å².